The lowest BCUT2D eigenvalue weighted by Gasteiger charge is -2.28. The molecule has 0 saturated carbocycles. The first kappa shape index (κ1) is 18.5. The summed E-state index contributed by atoms with van der Waals surface area (Å²) in [6.45, 7) is 5.75. The molecule has 1 atom stereocenters. The summed E-state index contributed by atoms with van der Waals surface area (Å²) in [7, 11) is -3.12. The Kier molecular flexibility index (Phi) is 6.01. The second-order valence-electron chi connectivity index (χ2n) is 6.02. The Morgan fingerprint density at radius 1 is 1.42 bits per heavy atom. The quantitative estimate of drug-likeness (QED) is 0.746. The zero-order valence-electron chi connectivity index (χ0n) is 13.8. The van der Waals surface area contributed by atoms with Crippen molar-refractivity contribution in [1.29, 1.82) is 0 Å². The minimum absolute atomic E-state index is 0.0620. The summed E-state index contributed by atoms with van der Waals surface area (Å²) >= 11 is 0. The van der Waals surface area contributed by atoms with Crippen LogP contribution in [0.2, 0.25) is 0 Å². The van der Waals surface area contributed by atoms with E-state index in [-0.39, 0.29) is 30.6 Å². The van der Waals surface area contributed by atoms with Crippen LogP contribution in [0.3, 0.4) is 0 Å². The molecular weight excluding hydrogens is 330 g/mol. The Bertz CT molecular complexity index is 713. The number of nitrogens with zero attached hydrogens (tertiary/aromatic N) is 1. The summed E-state index contributed by atoms with van der Waals surface area (Å²) < 4.78 is 29.1. The predicted molar refractivity (Wildman–Crippen MR) is 91.9 cm³/mol. The first-order chi connectivity index (χ1) is 11.3. The second kappa shape index (κ2) is 7.81. The molecule has 6 nitrogen and oxygen atoms in total. The van der Waals surface area contributed by atoms with E-state index in [4.69, 9.17) is 4.74 Å². The van der Waals surface area contributed by atoms with Gasteiger partial charge >= 0.3 is 0 Å². The van der Waals surface area contributed by atoms with Crippen LogP contribution in [0.5, 0.6) is 5.75 Å². The number of amides is 1. The van der Waals surface area contributed by atoms with Crippen LogP contribution in [0.1, 0.15) is 23.7 Å². The molecule has 0 bridgehead atoms. The third-order valence-corrected chi connectivity index (χ3v) is 5.59. The topological polar surface area (TPSA) is 83.9 Å². The van der Waals surface area contributed by atoms with Crippen LogP contribution in [-0.4, -0.2) is 61.6 Å². The van der Waals surface area contributed by atoms with Gasteiger partial charge in [0.1, 0.15) is 12.4 Å². The highest BCUT2D eigenvalue weighted by Gasteiger charge is 2.35. The highest BCUT2D eigenvalue weighted by atomic mass is 32.2. The van der Waals surface area contributed by atoms with Crippen LogP contribution < -0.4 is 4.74 Å². The molecular formula is C17H23NO5S. The Morgan fingerprint density at radius 2 is 2.12 bits per heavy atom. The van der Waals surface area contributed by atoms with Gasteiger partial charge in [0.25, 0.3) is 5.91 Å². The average Bonchev–Trinajstić information content (AvgIpc) is 2.90. The zero-order chi connectivity index (χ0) is 17.7. The van der Waals surface area contributed by atoms with Crippen molar-refractivity contribution in [2.45, 2.75) is 19.4 Å². The van der Waals surface area contributed by atoms with Gasteiger partial charge in [-0.25, -0.2) is 8.42 Å². The van der Waals surface area contributed by atoms with E-state index < -0.39 is 15.9 Å². The predicted octanol–water partition coefficient (Wildman–Crippen LogP) is 1.26. The van der Waals surface area contributed by atoms with Crippen molar-refractivity contribution < 1.29 is 23.1 Å². The number of sulfone groups is 1. The van der Waals surface area contributed by atoms with Crippen LogP contribution in [0.15, 0.2) is 36.4 Å². The van der Waals surface area contributed by atoms with E-state index in [0.717, 1.165) is 5.57 Å². The van der Waals surface area contributed by atoms with Crippen molar-refractivity contribution in [2.75, 3.05) is 31.3 Å². The lowest BCUT2D eigenvalue weighted by atomic mass is 10.1. The second-order valence-corrected chi connectivity index (χ2v) is 8.25. The molecule has 1 fully saturated rings. The molecule has 132 valence electrons. The molecule has 7 heteroatoms. The highest BCUT2D eigenvalue weighted by molar-refractivity contribution is 7.91. The minimum atomic E-state index is -3.12. The summed E-state index contributed by atoms with van der Waals surface area (Å²) in [5.74, 6) is 0.103. The maximum absolute atomic E-state index is 12.9. The Labute approximate surface area is 142 Å². The number of para-hydroxylation sites is 1. The van der Waals surface area contributed by atoms with E-state index in [9.17, 15) is 18.3 Å². The molecule has 2 rings (SSSR count). The van der Waals surface area contributed by atoms with Crippen molar-refractivity contribution in [3.8, 4) is 5.75 Å². The average molecular weight is 353 g/mol. The van der Waals surface area contributed by atoms with Crippen LogP contribution >= 0.6 is 0 Å². The monoisotopic (exact) mass is 353 g/mol. The van der Waals surface area contributed by atoms with Gasteiger partial charge in [-0.1, -0.05) is 18.7 Å². The molecule has 0 spiro atoms. The van der Waals surface area contributed by atoms with Gasteiger partial charge in [-0.05, 0) is 31.1 Å². The van der Waals surface area contributed by atoms with Crippen molar-refractivity contribution in [3.05, 3.63) is 42.0 Å². The van der Waals surface area contributed by atoms with Gasteiger partial charge in [-0.2, -0.15) is 0 Å². The van der Waals surface area contributed by atoms with Crippen molar-refractivity contribution in [1.82, 2.24) is 4.90 Å². The number of hydrogen-bond acceptors (Lipinski definition) is 5. The van der Waals surface area contributed by atoms with Gasteiger partial charge in [0.15, 0.2) is 9.84 Å². The third kappa shape index (κ3) is 4.58. The van der Waals surface area contributed by atoms with E-state index in [1.165, 1.54) is 4.90 Å². The zero-order valence-corrected chi connectivity index (χ0v) is 14.6. The maximum Gasteiger partial charge on any atom is 0.257 e. The van der Waals surface area contributed by atoms with Gasteiger partial charge in [-0.15, -0.1) is 0 Å². The Balaban J connectivity index is 2.25. The van der Waals surface area contributed by atoms with Crippen molar-refractivity contribution in [2.24, 2.45) is 0 Å². The van der Waals surface area contributed by atoms with E-state index in [2.05, 4.69) is 6.58 Å². The molecule has 0 unspecified atom stereocenters. The van der Waals surface area contributed by atoms with Crippen LogP contribution in [-0.2, 0) is 9.84 Å². The van der Waals surface area contributed by atoms with Gasteiger partial charge in [0, 0.05) is 12.6 Å². The molecule has 1 amide bonds. The van der Waals surface area contributed by atoms with Crippen LogP contribution in [0, 0.1) is 0 Å². The number of benzene rings is 1. The summed E-state index contributed by atoms with van der Waals surface area (Å²) in [4.78, 5) is 14.4. The summed E-state index contributed by atoms with van der Waals surface area (Å²) in [5.41, 5.74) is 1.18. The number of rotatable bonds is 7. The minimum Gasteiger partial charge on any atom is -0.488 e. The summed E-state index contributed by atoms with van der Waals surface area (Å²) in [6.07, 6.45) is 0.392. The van der Waals surface area contributed by atoms with E-state index >= 15 is 0 Å². The smallest absolute Gasteiger partial charge is 0.257 e. The SMILES string of the molecule is C=C(C)COc1ccccc1C(=O)N(CCO)[C@H]1CCS(=O)(=O)C1. The van der Waals surface area contributed by atoms with Crippen LogP contribution in [0.25, 0.3) is 0 Å². The molecule has 1 saturated heterocycles. The first-order valence-electron chi connectivity index (χ1n) is 7.82. The number of ether oxygens (including phenoxy) is 1. The molecule has 0 radical (unpaired) electrons. The fraction of sp³-hybridized carbons (Fsp3) is 0.471. The lowest BCUT2D eigenvalue weighted by Crippen LogP contribution is -2.43. The molecule has 0 aliphatic carbocycles. The van der Waals surface area contributed by atoms with E-state index in [1.54, 1.807) is 24.3 Å². The third-order valence-electron chi connectivity index (χ3n) is 3.84. The van der Waals surface area contributed by atoms with Gasteiger partial charge in [-0.3, -0.25) is 4.79 Å². The summed E-state index contributed by atoms with van der Waals surface area (Å²) in [6, 6.07) is 6.41. The number of aliphatic hydroxyl groups is 1. The fourth-order valence-corrected chi connectivity index (χ4v) is 4.43. The standard InChI is InChI=1S/C17H23NO5S/c1-13(2)11-23-16-6-4-3-5-15(16)17(20)18(8-9-19)14-7-10-24(21,22)12-14/h3-6,14,19H,1,7-12H2,2H3/t14-/m0/s1. The highest BCUT2D eigenvalue weighted by Crippen LogP contribution is 2.24. The van der Waals surface area contributed by atoms with Crippen LogP contribution in [0.4, 0.5) is 0 Å². The Hall–Kier alpha value is -1.86. The molecule has 1 aliphatic heterocycles. The maximum atomic E-state index is 12.9. The molecule has 1 N–H and O–H groups in total. The van der Waals surface area contributed by atoms with E-state index in [1.807, 2.05) is 6.92 Å². The molecule has 1 aromatic carbocycles. The number of aliphatic hydroxyl groups excluding tert-OH is 1. The van der Waals surface area contributed by atoms with Gasteiger partial charge < -0.3 is 14.7 Å². The first-order valence-corrected chi connectivity index (χ1v) is 9.64. The van der Waals surface area contributed by atoms with Crippen molar-refractivity contribution in [3.63, 3.8) is 0 Å². The van der Waals surface area contributed by atoms with Gasteiger partial charge in [0.2, 0.25) is 0 Å². The molecule has 1 aliphatic rings. The number of carbonyl (C=O) groups is 1. The van der Waals surface area contributed by atoms with E-state index in [0.29, 0.717) is 24.3 Å². The Morgan fingerprint density at radius 3 is 2.71 bits per heavy atom. The lowest BCUT2D eigenvalue weighted by molar-refractivity contribution is 0.0651. The normalized spacial score (nSPS) is 19.0. The molecule has 1 aromatic rings. The largest absolute Gasteiger partial charge is 0.488 e. The fourth-order valence-electron chi connectivity index (χ4n) is 2.70. The van der Waals surface area contributed by atoms with Gasteiger partial charge in [0.05, 0.1) is 23.7 Å². The van der Waals surface area contributed by atoms with Crippen molar-refractivity contribution >= 4 is 15.7 Å². The number of hydrogen-bond donors (Lipinski definition) is 1. The molecule has 24 heavy (non-hydrogen) atoms. The molecule has 0 aromatic heterocycles. The molecule has 1 heterocycles. The summed E-state index contributed by atoms with van der Waals surface area (Å²) in [5, 5.41) is 9.28. The number of carbonyl (C=O) groups excluding carboxylic acids is 1.